The van der Waals surface area contributed by atoms with Crippen molar-refractivity contribution in [3.8, 4) is 0 Å². The quantitative estimate of drug-likeness (QED) is 0.404. The molecule has 0 aromatic rings. The molecule has 0 amide bonds. The molecule has 0 saturated heterocycles. The van der Waals surface area contributed by atoms with Crippen LogP contribution in [0.4, 0.5) is 26.3 Å². The minimum absolute atomic E-state index is 0.848. The highest BCUT2D eigenvalue weighted by Gasteiger charge is 2.30. The molecule has 0 unspecified atom stereocenters. The Morgan fingerprint density at radius 1 is 0.923 bits per heavy atom. The molecule has 2 nitrogen and oxygen atoms in total. The lowest BCUT2D eigenvalue weighted by Gasteiger charge is -2.09. The van der Waals surface area contributed by atoms with Crippen molar-refractivity contribution in [2.45, 2.75) is 19.0 Å². The first-order valence-corrected chi connectivity index (χ1v) is 3.06. The zero-order valence-electron chi connectivity index (χ0n) is 6.21. The van der Waals surface area contributed by atoms with Gasteiger partial charge in [-0.05, 0) is 0 Å². The van der Waals surface area contributed by atoms with Gasteiger partial charge in [-0.15, -0.1) is 13.2 Å². The summed E-state index contributed by atoms with van der Waals surface area (Å²) in [6.07, 6.45) is -10.6. The average molecular weight is 212 g/mol. The first-order valence-electron chi connectivity index (χ1n) is 3.06. The van der Waals surface area contributed by atoms with Gasteiger partial charge in [0.1, 0.15) is 0 Å². The molecule has 0 aromatic heterocycles. The van der Waals surface area contributed by atoms with Gasteiger partial charge in [0.15, 0.2) is 6.79 Å². The molecule has 0 atom stereocenters. The summed E-state index contributed by atoms with van der Waals surface area (Å²) in [5.41, 5.74) is 0. The fraction of sp³-hybridized carbons (Fsp3) is 1.00. The number of rotatable bonds is 4. The fourth-order valence-corrected chi connectivity index (χ4v) is 0.355. The lowest BCUT2D eigenvalue weighted by molar-refractivity contribution is -0.350. The number of ether oxygens (including phenoxy) is 2. The van der Waals surface area contributed by atoms with Gasteiger partial charge in [0.2, 0.25) is 0 Å². The van der Waals surface area contributed by atoms with Gasteiger partial charge in [0.05, 0.1) is 13.0 Å². The third kappa shape index (κ3) is 11.5. The van der Waals surface area contributed by atoms with Gasteiger partial charge >= 0.3 is 12.5 Å². The number of hydrogen-bond acceptors (Lipinski definition) is 2. The molecule has 0 saturated carbocycles. The van der Waals surface area contributed by atoms with E-state index in [-0.39, 0.29) is 0 Å². The SMILES string of the molecule is FC(F)(F)CCOCOC(F)(F)F. The number of alkyl halides is 6. The largest absolute Gasteiger partial charge is 0.524 e. The van der Waals surface area contributed by atoms with Crippen molar-refractivity contribution in [1.82, 2.24) is 0 Å². The Kier molecular flexibility index (Phi) is 4.48. The summed E-state index contributed by atoms with van der Waals surface area (Å²) in [5.74, 6) is 0. The second-order valence-corrected chi connectivity index (χ2v) is 1.98. The van der Waals surface area contributed by atoms with Gasteiger partial charge in [0.25, 0.3) is 0 Å². The van der Waals surface area contributed by atoms with Crippen molar-refractivity contribution in [1.29, 1.82) is 0 Å². The molecule has 0 spiro atoms. The van der Waals surface area contributed by atoms with Gasteiger partial charge in [0, 0.05) is 0 Å². The van der Waals surface area contributed by atoms with E-state index in [2.05, 4.69) is 9.47 Å². The molecule has 0 aromatic carbocycles. The third-order valence-electron chi connectivity index (χ3n) is 0.836. The Bertz CT molecular complexity index is 123. The zero-order chi connectivity index (χ0) is 10.5. The van der Waals surface area contributed by atoms with E-state index in [0.29, 0.717) is 0 Å². The second kappa shape index (κ2) is 4.66. The minimum Gasteiger partial charge on any atom is -0.355 e. The van der Waals surface area contributed by atoms with E-state index in [9.17, 15) is 26.3 Å². The Labute approximate surface area is 69.4 Å². The molecular formula is C5H6F6O2. The fourth-order valence-electron chi connectivity index (χ4n) is 0.355. The summed E-state index contributed by atoms with van der Waals surface area (Å²) in [4.78, 5) is 0. The van der Waals surface area contributed by atoms with E-state index in [1.54, 1.807) is 0 Å². The maximum absolute atomic E-state index is 11.4. The lowest BCUT2D eigenvalue weighted by Crippen LogP contribution is -2.18. The Balaban J connectivity index is 3.28. The second-order valence-electron chi connectivity index (χ2n) is 1.98. The van der Waals surface area contributed by atoms with Crippen LogP contribution >= 0.6 is 0 Å². The van der Waals surface area contributed by atoms with Crippen molar-refractivity contribution in [2.75, 3.05) is 13.4 Å². The molecule has 0 aliphatic rings. The molecule has 80 valence electrons. The van der Waals surface area contributed by atoms with Crippen molar-refractivity contribution in [2.24, 2.45) is 0 Å². The molecule has 0 aliphatic carbocycles. The van der Waals surface area contributed by atoms with Crippen LogP contribution in [0.25, 0.3) is 0 Å². The monoisotopic (exact) mass is 212 g/mol. The van der Waals surface area contributed by atoms with Crippen molar-refractivity contribution in [3.63, 3.8) is 0 Å². The predicted octanol–water partition coefficient (Wildman–Crippen LogP) is 2.45. The average Bonchev–Trinajstić information content (AvgIpc) is 1.81. The molecule has 0 rings (SSSR count). The molecule has 13 heavy (non-hydrogen) atoms. The normalized spacial score (nSPS) is 13.4. The van der Waals surface area contributed by atoms with Crippen LogP contribution in [0.1, 0.15) is 6.42 Å². The topological polar surface area (TPSA) is 18.5 Å². The first-order chi connectivity index (χ1) is 5.71. The van der Waals surface area contributed by atoms with Crippen molar-refractivity contribution < 1.29 is 35.8 Å². The van der Waals surface area contributed by atoms with Crippen LogP contribution in [0.3, 0.4) is 0 Å². The summed E-state index contributed by atoms with van der Waals surface area (Å²) in [6, 6.07) is 0. The standard InChI is InChI=1S/C5H6F6O2/c6-4(7,8)1-2-12-3-13-5(9,10)11/h1-3H2. The summed E-state index contributed by atoms with van der Waals surface area (Å²) >= 11 is 0. The Morgan fingerprint density at radius 3 is 1.85 bits per heavy atom. The van der Waals surface area contributed by atoms with Gasteiger partial charge < -0.3 is 4.74 Å². The van der Waals surface area contributed by atoms with E-state index >= 15 is 0 Å². The van der Waals surface area contributed by atoms with E-state index in [1.165, 1.54) is 0 Å². The summed E-state index contributed by atoms with van der Waals surface area (Å²) < 4.78 is 74.7. The van der Waals surface area contributed by atoms with Crippen molar-refractivity contribution in [3.05, 3.63) is 0 Å². The van der Waals surface area contributed by atoms with E-state index in [1.807, 2.05) is 0 Å². The highest BCUT2D eigenvalue weighted by Crippen LogP contribution is 2.19. The molecule has 0 aliphatic heterocycles. The Morgan fingerprint density at radius 2 is 1.46 bits per heavy atom. The first kappa shape index (κ1) is 12.5. The van der Waals surface area contributed by atoms with Crippen LogP contribution in [0.2, 0.25) is 0 Å². The van der Waals surface area contributed by atoms with Gasteiger partial charge in [-0.2, -0.15) is 13.2 Å². The van der Waals surface area contributed by atoms with Crippen LogP contribution in [-0.2, 0) is 9.47 Å². The summed E-state index contributed by atoms with van der Waals surface area (Å²) in [6.45, 7) is -2.07. The van der Waals surface area contributed by atoms with E-state index in [0.717, 1.165) is 0 Å². The van der Waals surface area contributed by atoms with Gasteiger partial charge in [-0.1, -0.05) is 0 Å². The molecule has 8 heteroatoms. The van der Waals surface area contributed by atoms with Crippen LogP contribution < -0.4 is 0 Å². The molecule has 0 fully saturated rings. The Hall–Kier alpha value is -0.500. The maximum atomic E-state index is 11.4. The molecule has 0 radical (unpaired) electrons. The smallest absolute Gasteiger partial charge is 0.355 e. The van der Waals surface area contributed by atoms with Crippen LogP contribution in [-0.4, -0.2) is 25.9 Å². The highest BCUT2D eigenvalue weighted by atomic mass is 19.4. The molecule has 0 N–H and O–H groups in total. The lowest BCUT2D eigenvalue weighted by atomic mass is 10.4. The third-order valence-corrected chi connectivity index (χ3v) is 0.836. The summed E-state index contributed by atoms with van der Waals surface area (Å²) in [7, 11) is 0. The highest BCUT2D eigenvalue weighted by molar-refractivity contribution is 4.46. The zero-order valence-corrected chi connectivity index (χ0v) is 6.21. The van der Waals surface area contributed by atoms with Crippen LogP contribution in [0.5, 0.6) is 0 Å². The van der Waals surface area contributed by atoms with Gasteiger partial charge in [-0.3, -0.25) is 4.74 Å². The molecular weight excluding hydrogens is 206 g/mol. The van der Waals surface area contributed by atoms with E-state index < -0.39 is 32.4 Å². The van der Waals surface area contributed by atoms with E-state index in [4.69, 9.17) is 0 Å². The van der Waals surface area contributed by atoms with Gasteiger partial charge in [-0.25, -0.2) is 0 Å². The number of hydrogen-bond donors (Lipinski definition) is 0. The minimum atomic E-state index is -4.88. The van der Waals surface area contributed by atoms with Crippen molar-refractivity contribution >= 4 is 0 Å². The predicted molar refractivity (Wildman–Crippen MR) is 28.6 cm³/mol. The van der Waals surface area contributed by atoms with Crippen LogP contribution in [0.15, 0.2) is 0 Å². The summed E-state index contributed by atoms with van der Waals surface area (Å²) in [5, 5.41) is 0. The number of halogens is 6. The van der Waals surface area contributed by atoms with Crippen LogP contribution in [0, 0.1) is 0 Å². The maximum Gasteiger partial charge on any atom is 0.524 e. The molecule has 0 bridgehead atoms. The molecule has 0 heterocycles.